The molecule has 34 heavy (non-hydrogen) atoms. The van der Waals surface area contributed by atoms with Crippen molar-refractivity contribution in [2.24, 2.45) is 0 Å². The molecule has 3 rings (SSSR count). The van der Waals surface area contributed by atoms with E-state index in [0.29, 0.717) is 17.2 Å². The number of hydrogen-bond donors (Lipinski definition) is 2. The number of anilines is 2. The first-order valence-electron chi connectivity index (χ1n) is 10.8. The number of benzene rings is 2. The lowest BCUT2D eigenvalue weighted by atomic mass is 10.1. The standard InChI is InChI=1S/C28H26N4O2/c1-3-5-7-9-26(33)31-24-15-11-21(12-16-24)23-19-29-28(30-20-23)22-13-17-25(18-14-22)32-27(34)10-8-6-4-2/h3-20H,1-2H3,(H,31,33)(H,32,34)/b5-3+,6-4+,9-7+,10-8+. The van der Waals surface area contributed by atoms with Crippen LogP contribution in [0.15, 0.2) is 110 Å². The van der Waals surface area contributed by atoms with Crippen LogP contribution in [0.5, 0.6) is 0 Å². The lowest BCUT2D eigenvalue weighted by Crippen LogP contribution is -2.07. The molecular formula is C28H26N4O2. The van der Waals surface area contributed by atoms with E-state index in [1.165, 1.54) is 12.2 Å². The molecule has 0 aliphatic rings. The predicted molar refractivity (Wildman–Crippen MR) is 138 cm³/mol. The van der Waals surface area contributed by atoms with Crippen molar-refractivity contribution >= 4 is 23.2 Å². The Morgan fingerprint density at radius 3 is 1.50 bits per heavy atom. The summed E-state index contributed by atoms with van der Waals surface area (Å²) in [5, 5.41) is 5.62. The molecule has 0 fully saturated rings. The van der Waals surface area contributed by atoms with Gasteiger partial charge in [-0.2, -0.15) is 0 Å². The van der Waals surface area contributed by atoms with Crippen LogP contribution in [-0.2, 0) is 9.59 Å². The van der Waals surface area contributed by atoms with Gasteiger partial charge in [0, 0.05) is 47.0 Å². The summed E-state index contributed by atoms with van der Waals surface area (Å²) >= 11 is 0. The van der Waals surface area contributed by atoms with Crippen molar-refractivity contribution in [3.8, 4) is 22.5 Å². The molecule has 0 unspecified atom stereocenters. The number of carbonyl (C=O) groups is 2. The van der Waals surface area contributed by atoms with Crippen molar-refractivity contribution in [2.45, 2.75) is 13.8 Å². The van der Waals surface area contributed by atoms with Gasteiger partial charge in [0.05, 0.1) is 0 Å². The van der Waals surface area contributed by atoms with E-state index in [2.05, 4.69) is 20.6 Å². The maximum Gasteiger partial charge on any atom is 0.248 e. The van der Waals surface area contributed by atoms with E-state index in [4.69, 9.17) is 0 Å². The van der Waals surface area contributed by atoms with Crippen molar-refractivity contribution in [3.05, 3.63) is 110 Å². The number of amides is 2. The van der Waals surface area contributed by atoms with Crippen LogP contribution in [0.1, 0.15) is 13.8 Å². The second-order valence-corrected chi connectivity index (χ2v) is 7.20. The zero-order valence-electron chi connectivity index (χ0n) is 19.1. The second kappa shape index (κ2) is 12.5. The van der Waals surface area contributed by atoms with Crippen molar-refractivity contribution < 1.29 is 9.59 Å². The Kier molecular flexibility index (Phi) is 8.82. The zero-order chi connectivity index (χ0) is 24.2. The summed E-state index contributed by atoms with van der Waals surface area (Å²) in [6, 6.07) is 14.9. The first kappa shape index (κ1) is 24.1. The zero-order valence-corrected chi connectivity index (χ0v) is 19.1. The van der Waals surface area contributed by atoms with Crippen molar-refractivity contribution in [1.82, 2.24) is 9.97 Å². The van der Waals surface area contributed by atoms with Gasteiger partial charge in [-0.1, -0.05) is 48.6 Å². The third-order valence-electron chi connectivity index (χ3n) is 4.65. The van der Waals surface area contributed by atoms with Gasteiger partial charge in [-0.25, -0.2) is 9.97 Å². The highest BCUT2D eigenvalue weighted by atomic mass is 16.2. The summed E-state index contributed by atoms with van der Waals surface area (Å²) in [6.45, 7) is 3.78. The van der Waals surface area contributed by atoms with Gasteiger partial charge in [0.25, 0.3) is 0 Å². The van der Waals surface area contributed by atoms with Gasteiger partial charge in [0.2, 0.25) is 11.8 Å². The molecule has 0 bridgehead atoms. The van der Waals surface area contributed by atoms with Crippen LogP contribution in [0.4, 0.5) is 11.4 Å². The van der Waals surface area contributed by atoms with Gasteiger partial charge in [-0.05, 0) is 55.8 Å². The van der Waals surface area contributed by atoms with Crippen LogP contribution in [0.3, 0.4) is 0 Å². The summed E-state index contributed by atoms with van der Waals surface area (Å²) < 4.78 is 0. The van der Waals surface area contributed by atoms with Crippen LogP contribution in [-0.4, -0.2) is 21.8 Å². The van der Waals surface area contributed by atoms with Crippen molar-refractivity contribution in [3.63, 3.8) is 0 Å². The normalized spacial score (nSPS) is 11.6. The van der Waals surface area contributed by atoms with Crippen LogP contribution >= 0.6 is 0 Å². The molecule has 0 aliphatic heterocycles. The molecule has 2 N–H and O–H groups in total. The molecule has 0 saturated carbocycles. The fourth-order valence-corrected chi connectivity index (χ4v) is 2.95. The Balaban J connectivity index is 1.62. The minimum Gasteiger partial charge on any atom is -0.323 e. The predicted octanol–water partition coefficient (Wildman–Crippen LogP) is 5.95. The molecule has 1 aromatic heterocycles. The van der Waals surface area contributed by atoms with E-state index in [0.717, 1.165) is 16.7 Å². The Morgan fingerprint density at radius 1 is 0.618 bits per heavy atom. The maximum absolute atomic E-state index is 11.9. The third kappa shape index (κ3) is 7.24. The number of nitrogens with one attached hydrogen (secondary N) is 2. The van der Waals surface area contributed by atoms with Crippen LogP contribution < -0.4 is 10.6 Å². The van der Waals surface area contributed by atoms with E-state index >= 15 is 0 Å². The molecule has 0 atom stereocenters. The highest BCUT2D eigenvalue weighted by Gasteiger charge is 2.05. The Morgan fingerprint density at radius 2 is 1.06 bits per heavy atom. The highest BCUT2D eigenvalue weighted by Crippen LogP contribution is 2.23. The molecule has 2 aromatic carbocycles. The van der Waals surface area contributed by atoms with Gasteiger partial charge < -0.3 is 10.6 Å². The largest absolute Gasteiger partial charge is 0.323 e. The van der Waals surface area contributed by atoms with E-state index in [-0.39, 0.29) is 11.8 Å². The number of hydrogen-bond acceptors (Lipinski definition) is 4. The maximum atomic E-state index is 11.9. The SMILES string of the molecule is C/C=C/C=C/C(=O)Nc1ccc(-c2cnc(-c3ccc(NC(=O)/C=C/C=C/C)cc3)nc2)cc1. The number of allylic oxidation sites excluding steroid dienone is 6. The molecule has 170 valence electrons. The highest BCUT2D eigenvalue weighted by molar-refractivity contribution is 6.00. The van der Waals surface area contributed by atoms with E-state index < -0.39 is 0 Å². The Labute approximate surface area is 199 Å². The van der Waals surface area contributed by atoms with E-state index in [1.807, 2.05) is 74.5 Å². The molecule has 2 amide bonds. The summed E-state index contributed by atoms with van der Waals surface area (Å²) in [6.07, 6.45) is 17.1. The minimum absolute atomic E-state index is 0.186. The third-order valence-corrected chi connectivity index (χ3v) is 4.65. The summed E-state index contributed by atoms with van der Waals surface area (Å²) in [5.74, 6) is 0.211. The summed E-state index contributed by atoms with van der Waals surface area (Å²) in [7, 11) is 0. The monoisotopic (exact) mass is 450 g/mol. The molecule has 0 spiro atoms. The molecule has 6 heteroatoms. The molecule has 1 heterocycles. The Bertz CT molecular complexity index is 1120. The average molecular weight is 451 g/mol. The average Bonchev–Trinajstić information content (AvgIpc) is 2.85. The smallest absolute Gasteiger partial charge is 0.248 e. The van der Waals surface area contributed by atoms with Gasteiger partial charge in [0.1, 0.15) is 0 Å². The second-order valence-electron chi connectivity index (χ2n) is 7.20. The lowest BCUT2D eigenvalue weighted by Gasteiger charge is -2.07. The molecular weight excluding hydrogens is 424 g/mol. The quantitative estimate of drug-likeness (QED) is 0.328. The van der Waals surface area contributed by atoms with Crippen molar-refractivity contribution in [1.29, 1.82) is 0 Å². The van der Waals surface area contributed by atoms with E-state index in [9.17, 15) is 9.59 Å². The van der Waals surface area contributed by atoms with Crippen molar-refractivity contribution in [2.75, 3.05) is 10.6 Å². The van der Waals surface area contributed by atoms with Gasteiger partial charge in [-0.15, -0.1) is 0 Å². The minimum atomic E-state index is -0.192. The molecule has 6 nitrogen and oxygen atoms in total. The number of nitrogens with zero attached hydrogens (tertiary/aromatic N) is 2. The first-order valence-corrected chi connectivity index (χ1v) is 10.8. The molecule has 3 aromatic rings. The fourth-order valence-electron chi connectivity index (χ4n) is 2.95. The Hall–Kier alpha value is -4.58. The number of carbonyl (C=O) groups excluding carboxylic acids is 2. The van der Waals surface area contributed by atoms with Gasteiger partial charge in [-0.3, -0.25) is 9.59 Å². The number of rotatable bonds is 8. The van der Waals surface area contributed by atoms with E-state index in [1.54, 1.807) is 36.7 Å². The molecule has 0 aliphatic carbocycles. The topological polar surface area (TPSA) is 84.0 Å². The van der Waals surface area contributed by atoms with Gasteiger partial charge >= 0.3 is 0 Å². The van der Waals surface area contributed by atoms with Crippen LogP contribution in [0.2, 0.25) is 0 Å². The lowest BCUT2D eigenvalue weighted by molar-refractivity contribution is -0.112. The summed E-state index contributed by atoms with van der Waals surface area (Å²) in [5.41, 5.74) is 4.06. The number of aromatic nitrogens is 2. The summed E-state index contributed by atoms with van der Waals surface area (Å²) in [4.78, 5) is 32.7. The van der Waals surface area contributed by atoms with Crippen LogP contribution in [0, 0.1) is 0 Å². The van der Waals surface area contributed by atoms with Gasteiger partial charge in [0.15, 0.2) is 5.82 Å². The van der Waals surface area contributed by atoms with Crippen LogP contribution in [0.25, 0.3) is 22.5 Å². The molecule has 0 saturated heterocycles. The molecule has 0 radical (unpaired) electrons. The first-order chi connectivity index (χ1) is 16.6. The fraction of sp³-hybridized carbons (Fsp3) is 0.0714.